The zero-order chi connectivity index (χ0) is 14.9. The third kappa shape index (κ3) is 2.33. The molecule has 0 saturated carbocycles. The number of carbonyl (C=O) groups is 1. The zero-order valence-electron chi connectivity index (χ0n) is 9.72. The Balaban J connectivity index is 2.63. The van der Waals surface area contributed by atoms with Gasteiger partial charge in [0.25, 0.3) is 0 Å². The topological polar surface area (TPSA) is 78.9 Å². The molecule has 1 N–H and O–H groups in total. The standard InChI is InChI=1S/C12H6F3N3O2/c13-12(14,15)9-2-1-7(5-8(9)11(19)20)18-4-3-17-10(18)6-16/h1-5H,(H,19,20). The van der Waals surface area contributed by atoms with Crippen molar-refractivity contribution in [3.63, 3.8) is 0 Å². The van der Waals surface area contributed by atoms with E-state index in [0.29, 0.717) is 6.07 Å². The van der Waals surface area contributed by atoms with E-state index in [9.17, 15) is 18.0 Å². The number of imidazole rings is 1. The summed E-state index contributed by atoms with van der Waals surface area (Å²) in [6, 6.07) is 4.35. The van der Waals surface area contributed by atoms with Crippen molar-refractivity contribution < 1.29 is 23.1 Å². The number of nitrogens with zero attached hydrogens (tertiary/aromatic N) is 3. The van der Waals surface area contributed by atoms with Crippen LogP contribution in [0.3, 0.4) is 0 Å². The van der Waals surface area contributed by atoms with E-state index in [-0.39, 0.29) is 11.5 Å². The van der Waals surface area contributed by atoms with Crippen molar-refractivity contribution >= 4 is 5.97 Å². The van der Waals surface area contributed by atoms with Gasteiger partial charge in [-0.1, -0.05) is 0 Å². The molecule has 2 aromatic rings. The highest BCUT2D eigenvalue weighted by Gasteiger charge is 2.35. The molecule has 8 heteroatoms. The van der Waals surface area contributed by atoms with Crippen LogP contribution in [-0.2, 0) is 6.18 Å². The molecular weight excluding hydrogens is 275 g/mol. The lowest BCUT2D eigenvalue weighted by molar-refractivity contribution is -0.138. The second kappa shape index (κ2) is 4.70. The summed E-state index contributed by atoms with van der Waals surface area (Å²) in [5, 5.41) is 17.7. The van der Waals surface area contributed by atoms with Crippen molar-refractivity contribution in [1.29, 1.82) is 5.26 Å². The predicted octanol–water partition coefficient (Wildman–Crippen LogP) is 2.46. The summed E-state index contributed by atoms with van der Waals surface area (Å²) in [5.41, 5.74) is -2.01. The molecule has 1 heterocycles. The fourth-order valence-electron chi connectivity index (χ4n) is 1.70. The maximum Gasteiger partial charge on any atom is 0.417 e. The van der Waals surface area contributed by atoms with Gasteiger partial charge in [-0.05, 0) is 18.2 Å². The number of hydrogen-bond donors (Lipinski definition) is 1. The van der Waals surface area contributed by atoms with Gasteiger partial charge in [0.15, 0.2) is 0 Å². The van der Waals surface area contributed by atoms with Gasteiger partial charge in [0, 0.05) is 18.1 Å². The van der Waals surface area contributed by atoms with Gasteiger partial charge in [-0.25, -0.2) is 9.78 Å². The van der Waals surface area contributed by atoms with Crippen LogP contribution in [0.25, 0.3) is 5.69 Å². The Morgan fingerprint density at radius 2 is 2.10 bits per heavy atom. The lowest BCUT2D eigenvalue weighted by Gasteiger charge is -2.12. The number of aromatic nitrogens is 2. The maximum absolute atomic E-state index is 12.7. The number of alkyl halides is 3. The first-order valence-corrected chi connectivity index (χ1v) is 5.23. The van der Waals surface area contributed by atoms with Crippen molar-refractivity contribution in [3.05, 3.63) is 47.5 Å². The zero-order valence-corrected chi connectivity index (χ0v) is 9.72. The van der Waals surface area contributed by atoms with Gasteiger partial charge in [-0.15, -0.1) is 0 Å². The number of hydrogen-bond acceptors (Lipinski definition) is 3. The first-order valence-electron chi connectivity index (χ1n) is 5.23. The van der Waals surface area contributed by atoms with Crippen molar-refractivity contribution in [3.8, 4) is 11.8 Å². The van der Waals surface area contributed by atoms with Gasteiger partial charge >= 0.3 is 12.1 Å². The Labute approximate surface area is 110 Å². The van der Waals surface area contributed by atoms with Crippen molar-refractivity contribution in [2.75, 3.05) is 0 Å². The third-order valence-corrected chi connectivity index (χ3v) is 2.56. The third-order valence-electron chi connectivity index (χ3n) is 2.56. The van der Waals surface area contributed by atoms with Crippen LogP contribution >= 0.6 is 0 Å². The highest BCUT2D eigenvalue weighted by molar-refractivity contribution is 5.90. The minimum Gasteiger partial charge on any atom is -0.478 e. The molecule has 2 rings (SSSR count). The summed E-state index contributed by atoms with van der Waals surface area (Å²) >= 11 is 0. The van der Waals surface area contributed by atoms with Crippen LogP contribution in [0.5, 0.6) is 0 Å². The van der Waals surface area contributed by atoms with E-state index < -0.39 is 23.3 Å². The van der Waals surface area contributed by atoms with Gasteiger partial charge in [-0.3, -0.25) is 4.57 Å². The molecule has 0 atom stereocenters. The molecule has 0 aliphatic heterocycles. The van der Waals surface area contributed by atoms with E-state index in [4.69, 9.17) is 10.4 Å². The van der Waals surface area contributed by atoms with Gasteiger partial charge in [0.1, 0.15) is 6.07 Å². The maximum atomic E-state index is 12.7. The SMILES string of the molecule is N#Cc1nccn1-c1ccc(C(F)(F)F)c(C(=O)O)c1. The van der Waals surface area contributed by atoms with Crippen LogP contribution < -0.4 is 0 Å². The molecule has 102 valence electrons. The smallest absolute Gasteiger partial charge is 0.417 e. The molecular formula is C12H6F3N3O2. The summed E-state index contributed by atoms with van der Waals surface area (Å²) in [6.07, 6.45) is -2.12. The van der Waals surface area contributed by atoms with Crippen LogP contribution in [0, 0.1) is 11.3 Å². The van der Waals surface area contributed by atoms with Crippen LogP contribution in [0.15, 0.2) is 30.6 Å². The summed E-state index contributed by atoms with van der Waals surface area (Å²) < 4.78 is 39.3. The van der Waals surface area contributed by atoms with Gasteiger partial charge in [0.2, 0.25) is 5.82 Å². The second-order valence-corrected chi connectivity index (χ2v) is 3.77. The second-order valence-electron chi connectivity index (χ2n) is 3.77. The number of benzene rings is 1. The van der Waals surface area contributed by atoms with E-state index in [0.717, 1.165) is 12.1 Å². The molecule has 20 heavy (non-hydrogen) atoms. The first-order chi connectivity index (χ1) is 9.34. The first kappa shape index (κ1) is 13.6. The summed E-state index contributed by atoms with van der Waals surface area (Å²) in [7, 11) is 0. The predicted molar refractivity (Wildman–Crippen MR) is 60.2 cm³/mol. The van der Waals surface area contributed by atoms with E-state index in [1.807, 2.05) is 0 Å². The number of halogens is 3. The molecule has 0 aliphatic rings. The minimum atomic E-state index is -4.76. The Morgan fingerprint density at radius 1 is 1.40 bits per heavy atom. The van der Waals surface area contributed by atoms with Crippen molar-refractivity contribution in [1.82, 2.24) is 9.55 Å². The minimum absolute atomic E-state index is 0.0545. The number of aromatic carboxylic acids is 1. The van der Waals surface area contributed by atoms with E-state index >= 15 is 0 Å². The number of rotatable bonds is 2. The molecule has 0 saturated heterocycles. The summed E-state index contributed by atoms with van der Waals surface area (Å²) in [4.78, 5) is 14.6. The molecule has 5 nitrogen and oxygen atoms in total. The van der Waals surface area contributed by atoms with E-state index in [1.54, 1.807) is 6.07 Å². The lowest BCUT2D eigenvalue weighted by atomic mass is 10.1. The Morgan fingerprint density at radius 3 is 2.65 bits per heavy atom. The largest absolute Gasteiger partial charge is 0.478 e. The quantitative estimate of drug-likeness (QED) is 0.917. The molecule has 0 bridgehead atoms. The number of carboxylic acid groups (broad SMARTS) is 1. The molecule has 0 aliphatic carbocycles. The van der Waals surface area contributed by atoms with Crippen molar-refractivity contribution in [2.45, 2.75) is 6.18 Å². The van der Waals surface area contributed by atoms with Crippen LogP contribution in [0.2, 0.25) is 0 Å². The average molecular weight is 281 g/mol. The highest BCUT2D eigenvalue weighted by atomic mass is 19.4. The molecule has 1 aromatic carbocycles. The molecule has 0 fully saturated rings. The number of carboxylic acids is 1. The fourth-order valence-corrected chi connectivity index (χ4v) is 1.70. The Kier molecular flexibility index (Phi) is 3.19. The van der Waals surface area contributed by atoms with Crippen LogP contribution in [0.4, 0.5) is 13.2 Å². The highest BCUT2D eigenvalue weighted by Crippen LogP contribution is 2.33. The van der Waals surface area contributed by atoms with Gasteiger partial charge in [0.05, 0.1) is 11.1 Å². The molecule has 0 unspecified atom stereocenters. The van der Waals surface area contributed by atoms with Gasteiger partial charge < -0.3 is 5.11 Å². The van der Waals surface area contributed by atoms with E-state index in [2.05, 4.69) is 4.98 Å². The van der Waals surface area contributed by atoms with Crippen molar-refractivity contribution in [2.24, 2.45) is 0 Å². The molecule has 0 radical (unpaired) electrons. The summed E-state index contributed by atoms with van der Waals surface area (Å²) in [6.45, 7) is 0. The Bertz CT molecular complexity index is 713. The monoisotopic (exact) mass is 281 g/mol. The van der Waals surface area contributed by atoms with E-state index in [1.165, 1.54) is 17.0 Å². The number of nitriles is 1. The molecule has 1 aromatic heterocycles. The lowest BCUT2D eigenvalue weighted by Crippen LogP contribution is -2.13. The summed E-state index contributed by atoms with van der Waals surface area (Å²) in [5.74, 6) is -1.75. The molecule has 0 amide bonds. The average Bonchev–Trinajstić information content (AvgIpc) is 2.85. The fraction of sp³-hybridized carbons (Fsp3) is 0.0833. The van der Waals surface area contributed by atoms with Crippen LogP contribution in [0.1, 0.15) is 21.7 Å². The molecule has 0 spiro atoms. The van der Waals surface area contributed by atoms with Crippen LogP contribution in [-0.4, -0.2) is 20.6 Å². The normalized spacial score (nSPS) is 11.1. The Hall–Kier alpha value is -2.82. The van der Waals surface area contributed by atoms with Gasteiger partial charge in [-0.2, -0.15) is 18.4 Å².